The van der Waals surface area contributed by atoms with Crippen molar-refractivity contribution in [3.63, 3.8) is 0 Å². The van der Waals surface area contributed by atoms with Gasteiger partial charge in [0, 0.05) is 40.4 Å². The lowest BCUT2D eigenvalue weighted by molar-refractivity contribution is 0.115. The number of nitrogens with zero attached hydrogens (tertiary/aromatic N) is 2. The van der Waals surface area contributed by atoms with Gasteiger partial charge in [0.05, 0.1) is 13.2 Å². The molecule has 0 amide bonds. The molecule has 0 aliphatic heterocycles. The molecular weight excluding hydrogens is 326 g/mol. The van der Waals surface area contributed by atoms with E-state index < -0.39 is 0 Å². The van der Waals surface area contributed by atoms with Crippen molar-refractivity contribution in [2.75, 3.05) is 53.6 Å². The summed E-state index contributed by atoms with van der Waals surface area (Å²) in [5.74, 6) is 1.76. The second kappa shape index (κ2) is 12.7. The van der Waals surface area contributed by atoms with E-state index in [1.165, 1.54) is 18.4 Å². The molecule has 146 valence electrons. The van der Waals surface area contributed by atoms with Gasteiger partial charge in [-0.15, -0.1) is 0 Å². The van der Waals surface area contributed by atoms with Gasteiger partial charge < -0.3 is 19.7 Å². The Morgan fingerprint density at radius 1 is 1.12 bits per heavy atom. The van der Waals surface area contributed by atoms with Crippen molar-refractivity contribution in [3.8, 4) is 0 Å². The van der Waals surface area contributed by atoms with Crippen LogP contribution in [0.15, 0.2) is 35.3 Å². The third-order valence-electron chi connectivity index (χ3n) is 4.57. The van der Waals surface area contributed by atoms with E-state index >= 15 is 0 Å². The van der Waals surface area contributed by atoms with E-state index in [9.17, 15) is 0 Å². The fourth-order valence-corrected chi connectivity index (χ4v) is 2.69. The first kappa shape index (κ1) is 20.7. The molecule has 1 N–H and O–H groups in total. The summed E-state index contributed by atoms with van der Waals surface area (Å²) in [5.41, 5.74) is 1.34. The maximum atomic E-state index is 5.72. The van der Waals surface area contributed by atoms with Crippen molar-refractivity contribution in [1.82, 2.24) is 10.2 Å². The van der Waals surface area contributed by atoms with Gasteiger partial charge in [0.25, 0.3) is 0 Å². The van der Waals surface area contributed by atoms with Crippen molar-refractivity contribution in [3.05, 3.63) is 35.9 Å². The zero-order valence-electron chi connectivity index (χ0n) is 16.5. The zero-order chi connectivity index (χ0) is 18.5. The Bertz CT molecular complexity index is 503. The van der Waals surface area contributed by atoms with E-state index in [-0.39, 0.29) is 0 Å². The minimum atomic E-state index is 0.767. The van der Waals surface area contributed by atoms with Crippen molar-refractivity contribution in [1.29, 1.82) is 0 Å². The summed E-state index contributed by atoms with van der Waals surface area (Å²) in [7, 11) is 3.89. The molecule has 0 saturated heterocycles. The van der Waals surface area contributed by atoms with Gasteiger partial charge in [0.15, 0.2) is 5.96 Å². The van der Waals surface area contributed by atoms with Crippen LogP contribution in [0.3, 0.4) is 0 Å². The molecule has 1 aliphatic carbocycles. The van der Waals surface area contributed by atoms with E-state index in [2.05, 4.69) is 46.5 Å². The molecule has 1 aliphatic rings. The number of nitrogens with one attached hydrogen (secondary N) is 1. The molecule has 0 aromatic heterocycles. The van der Waals surface area contributed by atoms with Crippen LogP contribution in [0.5, 0.6) is 0 Å². The number of guanidine groups is 1. The topological polar surface area (TPSA) is 46.1 Å². The smallest absolute Gasteiger partial charge is 0.193 e. The van der Waals surface area contributed by atoms with Crippen LogP contribution in [0.4, 0.5) is 0 Å². The second-order valence-corrected chi connectivity index (χ2v) is 6.97. The van der Waals surface area contributed by atoms with Gasteiger partial charge in [0.1, 0.15) is 0 Å². The standard InChI is InChI=1S/C21H35N3O2/c1-22-21(24(2)14-17-26-18-20-10-11-20)23-13-6-7-15-25-16-12-19-8-4-3-5-9-19/h3-5,8-9,20H,6-7,10-18H2,1-2H3,(H,22,23). The molecule has 0 bridgehead atoms. The number of hydrogen-bond donors (Lipinski definition) is 1. The van der Waals surface area contributed by atoms with Crippen molar-refractivity contribution in [2.24, 2.45) is 10.9 Å². The molecule has 1 aromatic carbocycles. The summed E-state index contributed by atoms with van der Waals surface area (Å²) in [5, 5.41) is 3.41. The van der Waals surface area contributed by atoms with Gasteiger partial charge in [0.2, 0.25) is 0 Å². The Morgan fingerprint density at radius 3 is 2.65 bits per heavy atom. The third-order valence-corrected chi connectivity index (χ3v) is 4.57. The molecule has 5 heteroatoms. The average Bonchev–Trinajstić information content (AvgIpc) is 3.49. The van der Waals surface area contributed by atoms with Crippen LogP contribution in [0.2, 0.25) is 0 Å². The summed E-state index contributed by atoms with van der Waals surface area (Å²) < 4.78 is 11.4. The molecule has 1 aromatic rings. The van der Waals surface area contributed by atoms with Gasteiger partial charge in [-0.05, 0) is 43.6 Å². The number of unbranched alkanes of at least 4 members (excludes halogenated alkanes) is 1. The van der Waals surface area contributed by atoms with Gasteiger partial charge in [-0.3, -0.25) is 4.99 Å². The van der Waals surface area contributed by atoms with Gasteiger partial charge in [-0.2, -0.15) is 0 Å². The molecular formula is C21H35N3O2. The van der Waals surface area contributed by atoms with Crippen molar-refractivity contribution in [2.45, 2.75) is 32.1 Å². The van der Waals surface area contributed by atoms with Gasteiger partial charge in [-0.1, -0.05) is 30.3 Å². The lowest BCUT2D eigenvalue weighted by Gasteiger charge is -2.22. The van der Waals surface area contributed by atoms with Gasteiger partial charge in [-0.25, -0.2) is 0 Å². The van der Waals surface area contributed by atoms with E-state index in [0.29, 0.717) is 0 Å². The Morgan fingerprint density at radius 2 is 1.92 bits per heavy atom. The fourth-order valence-electron chi connectivity index (χ4n) is 2.69. The van der Waals surface area contributed by atoms with Crippen molar-refractivity contribution < 1.29 is 9.47 Å². The SMILES string of the molecule is CN=C(NCCCCOCCc1ccccc1)N(C)CCOCC1CC1. The minimum absolute atomic E-state index is 0.767. The van der Waals surface area contributed by atoms with Crippen LogP contribution < -0.4 is 5.32 Å². The highest BCUT2D eigenvalue weighted by Gasteiger charge is 2.21. The molecule has 2 rings (SSSR count). The molecule has 1 saturated carbocycles. The summed E-state index contributed by atoms with van der Waals surface area (Å²) in [6, 6.07) is 10.5. The molecule has 0 heterocycles. The Hall–Kier alpha value is -1.59. The predicted molar refractivity (Wildman–Crippen MR) is 108 cm³/mol. The molecule has 0 spiro atoms. The van der Waals surface area contributed by atoms with Crippen LogP contribution >= 0.6 is 0 Å². The molecule has 26 heavy (non-hydrogen) atoms. The highest BCUT2D eigenvalue weighted by molar-refractivity contribution is 5.79. The van der Waals surface area contributed by atoms with E-state index in [4.69, 9.17) is 9.47 Å². The summed E-state index contributed by atoms with van der Waals surface area (Å²) in [4.78, 5) is 6.47. The Kier molecular flexibility index (Phi) is 10.1. The first-order valence-electron chi connectivity index (χ1n) is 9.91. The highest BCUT2D eigenvalue weighted by atomic mass is 16.5. The van der Waals surface area contributed by atoms with Crippen LogP contribution in [-0.4, -0.2) is 64.5 Å². The number of benzene rings is 1. The molecule has 0 radical (unpaired) electrons. The Labute approximate surface area is 158 Å². The lowest BCUT2D eigenvalue weighted by Crippen LogP contribution is -2.41. The predicted octanol–water partition coefficient (Wildman–Crippen LogP) is 2.96. The number of likely N-dealkylation sites (N-methyl/N-ethyl adjacent to an activating group) is 1. The maximum absolute atomic E-state index is 5.72. The first-order valence-corrected chi connectivity index (χ1v) is 9.91. The van der Waals surface area contributed by atoms with E-state index in [1.54, 1.807) is 0 Å². The van der Waals surface area contributed by atoms with Crippen LogP contribution in [0, 0.1) is 5.92 Å². The van der Waals surface area contributed by atoms with E-state index in [1.807, 2.05) is 13.1 Å². The zero-order valence-corrected chi connectivity index (χ0v) is 16.5. The number of hydrogen-bond acceptors (Lipinski definition) is 3. The Balaban J connectivity index is 1.42. The molecule has 1 fully saturated rings. The van der Waals surface area contributed by atoms with Crippen molar-refractivity contribution >= 4 is 5.96 Å². The van der Waals surface area contributed by atoms with Crippen LogP contribution in [0.1, 0.15) is 31.2 Å². The molecule has 0 unspecified atom stereocenters. The fraction of sp³-hybridized carbons (Fsp3) is 0.667. The second-order valence-electron chi connectivity index (χ2n) is 6.97. The number of aliphatic imine (C=N–C) groups is 1. The quantitative estimate of drug-likeness (QED) is 0.333. The third kappa shape index (κ3) is 9.20. The minimum Gasteiger partial charge on any atom is -0.381 e. The lowest BCUT2D eigenvalue weighted by atomic mass is 10.2. The normalized spacial score (nSPS) is 14.5. The van der Waals surface area contributed by atoms with Crippen LogP contribution in [-0.2, 0) is 15.9 Å². The maximum Gasteiger partial charge on any atom is 0.193 e. The van der Waals surface area contributed by atoms with Gasteiger partial charge >= 0.3 is 0 Å². The summed E-state index contributed by atoms with van der Waals surface area (Å²) in [6.07, 6.45) is 5.81. The number of rotatable bonds is 13. The van der Waals surface area contributed by atoms with Crippen LogP contribution in [0.25, 0.3) is 0 Å². The molecule has 0 atom stereocenters. The highest BCUT2D eigenvalue weighted by Crippen LogP contribution is 2.28. The summed E-state index contributed by atoms with van der Waals surface area (Å²) >= 11 is 0. The monoisotopic (exact) mass is 361 g/mol. The van der Waals surface area contributed by atoms with E-state index in [0.717, 1.165) is 70.7 Å². The largest absolute Gasteiger partial charge is 0.381 e. The summed E-state index contributed by atoms with van der Waals surface area (Å²) in [6.45, 7) is 5.09. The average molecular weight is 362 g/mol. The first-order chi connectivity index (χ1) is 12.8. The molecule has 5 nitrogen and oxygen atoms in total. The number of ether oxygens (including phenoxy) is 2.